The molecule has 0 aliphatic carbocycles. The molecule has 0 unspecified atom stereocenters. The van der Waals surface area contributed by atoms with Crippen molar-refractivity contribution < 1.29 is 4.79 Å². The summed E-state index contributed by atoms with van der Waals surface area (Å²) in [6, 6.07) is 10.5. The van der Waals surface area contributed by atoms with Gasteiger partial charge in [0.1, 0.15) is 0 Å². The summed E-state index contributed by atoms with van der Waals surface area (Å²) in [7, 11) is 1.82. The summed E-state index contributed by atoms with van der Waals surface area (Å²) in [5.74, 6) is -0.0452. The van der Waals surface area contributed by atoms with Crippen LogP contribution in [0.4, 0.5) is 0 Å². The van der Waals surface area contributed by atoms with E-state index in [1.165, 1.54) is 5.56 Å². The fourth-order valence-electron chi connectivity index (χ4n) is 2.22. The van der Waals surface area contributed by atoms with Gasteiger partial charge in [-0.1, -0.05) is 30.3 Å². The molecule has 0 saturated heterocycles. The zero-order valence-electron chi connectivity index (χ0n) is 12.3. The standard InChI is InChI=1S/C16H21N3O/c1-12(9-10-14-7-5-4-6-8-14)17-16(20)15-11-19(3)18-13(15)2/h4-8,11-12H,9-10H2,1-3H3,(H,17,20)/t12-/m1/s1. The van der Waals surface area contributed by atoms with Gasteiger partial charge in [-0.15, -0.1) is 0 Å². The summed E-state index contributed by atoms with van der Waals surface area (Å²) < 4.78 is 1.67. The molecular weight excluding hydrogens is 250 g/mol. The maximum Gasteiger partial charge on any atom is 0.254 e. The second-order valence-corrected chi connectivity index (χ2v) is 5.20. The van der Waals surface area contributed by atoms with Gasteiger partial charge in [-0.3, -0.25) is 9.48 Å². The minimum atomic E-state index is -0.0452. The van der Waals surface area contributed by atoms with Gasteiger partial charge in [0, 0.05) is 19.3 Å². The van der Waals surface area contributed by atoms with E-state index in [-0.39, 0.29) is 11.9 Å². The number of nitrogens with one attached hydrogen (secondary N) is 1. The van der Waals surface area contributed by atoms with E-state index in [2.05, 4.69) is 22.5 Å². The maximum atomic E-state index is 12.1. The number of hydrogen-bond donors (Lipinski definition) is 1. The minimum Gasteiger partial charge on any atom is -0.349 e. The first-order chi connectivity index (χ1) is 9.56. The van der Waals surface area contributed by atoms with Crippen molar-refractivity contribution >= 4 is 5.91 Å². The normalized spacial score (nSPS) is 12.2. The highest BCUT2D eigenvalue weighted by Crippen LogP contribution is 2.08. The van der Waals surface area contributed by atoms with Crippen LogP contribution >= 0.6 is 0 Å². The first kappa shape index (κ1) is 14.3. The van der Waals surface area contributed by atoms with Gasteiger partial charge in [-0.2, -0.15) is 5.10 Å². The number of aryl methyl sites for hydroxylation is 3. The van der Waals surface area contributed by atoms with Crippen LogP contribution in [0.5, 0.6) is 0 Å². The van der Waals surface area contributed by atoms with Crippen LogP contribution in [-0.2, 0) is 13.5 Å². The van der Waals surface area contributed by atoms with E-state index >= 15 is 0 Å². The molecule has 0 bridgehead atoms. The lowest BCUT2D eigenvalue weighted by Crippen LogP contribution is -2.33. The van der Waals surface area contributed by atoms with Crippen LogP contribution < -0.4 is 5.32 Å². The number of aromatic nitrogens is 2. The number of carbonyl (C=O) groups is 1. The Kier molecular flexibility index (Phi) is 4.56. The molecule has 1 atom stereocenters. The molecule has 0 aliphatic heterocycles. The Bertz CT molecular complexity index is 575. The van der Waals surface area contributed by atoms with Gasteiger partial charge in [0.2, 0.25) is 0 Å². The van der Waals surface area contributed by atoms with Gasteiger partial charge in [-0.25, -0.2) is 0 Å². The van der Waals surface area contributed by atoms with E-state index < -0.39 is 0 Å². The summed E-state index contributed by atoms with van der Waals surface area (Å²) in [6.07, 6.45) is 3.65. The van der Waals surface area contributed by atoms with E-state index in [0.717, 1.165) is 18.5 Å². The average molecular weight is 271 g/mol. The summed E-state index contributed by atoms with van der Waals surface area (Å²) in [6.45, 7) is 3.89. The average Bonchev–Trinajstić information content (AvgIpc) is 2.77. The predicted octanol–water partition coefficient (Wildman–Crippen LogP) is 2.48. The molecular formula is C16H21N3O. The highest BCUT2D eigenvalue weighted by atomic mass is 16.1. The molecule has 0 spiro atoms. The summed E-state index contributed by atoms with van der Waals surface area (Å²) in [5.41, 5.74) is 2.71. The molecule has 0 radical (unpaired) electrons. The van der Waals surface area contributed by atoms with Crippen molar-refractivity contribution in [1.82, 2.24) is 15.1 Å². The van der Waals surface area contributed by atoms with E-state index in [1.54, 1.807) is 10.9 Å². The van der Waals surface area contributed by atoms with Gasteiger partial charge >= 0.3 is 0 Å². The topological polar surface area (TPSA) is 46.9 Å². The van der Waals surface area contributed by atoms with Gasteiger partial charge in [-0.05, 0) is 32.3 Å². The molecule has 0 saturated carbocycles. The van der Waals surface area contributed by atoms with Crippen molar-refractivity contribution in [3.05, 3.63) is 53.3 Å². The lowest BCUT2D eigenvalue weighted by molar-refractivity contribution is 0.0938. The van der Waals surface area contributed by atoms with E-state index in [1.807, 2.05) is 39.1 Å². The number of rotatable bonds is 5. The molecule has 20 heavy (non-hydrogen) atoms. The zero-order valence-corrected chi connectivity index (χ0v) is 12.3. The van der Waals surface area contributed by atoms with Gasteiger partial charge in [0.15, 0.2) is 0 Å². The SMILES string of the molecule is Cc1nn(C)cc1C(=O)N[C@H](C)CCc1ccccc1. The lowest BCUT2D eigenvalue weighted by Gasteiger charge is -2.13. The molecule has 106 valence electrons. The number of amides is 1. The summed E-state index contributed by atoms with van der Waals surface area (Å²) in [4.78, 5) is 12.1. The molecule has 1 heterocycles. The third-order valence-corrected chi connectivity index (χ3v) is 3.34. The zero-order chi connectivity index (χ0) is 14.5. The molecule has 4 nitrogen and oxygen atoms in total. The Labute approximate surface area is 119 Å². The first-order valence-corrected chi connectivity index (χ1v) is 6.91. The quantitative estimate of drug-likeness (QED) is 0.908. The number of hydrogen-bond acceptors (Lipinski definition) is 2. The fraction of sp³-hybridized carbons (Fsp3) is 0.375. The van der Waals surface area contributed by atoms with Gasteiger partial charge in [0.25, 0.3) is 5.91 Å². The Morgan fingerprint density at radius 3 is 2.65 bits per heavy atom. The van der Waals surface area contributed by atoms with Crippen LogP contribution in [0.25, 0.3) is 0 Å². The Balaban J connectivity index is 1.87. The second-order valence-electron chi connectivity index (χ2n) is 5.20. The summed E-state index contributed by atoms with van der Waals surface area (Å²) in [5, 5.41) is 7.22. The van der Waals surface area contributed by atoms with Crippen molar-refractivity contribution in [3.63, 3.8) is 0 Å². The predicted molar refractivity (Wildman–Crippen MR) is 79.6 cm³/mol. The van der Waals surface area contributed by atoms with Crippen LogP contribution in [0.15, 0.2) is 36.5 Å². The molecule has 0 fully saturated rings. The van der Waals surface area contributed by atoms with Crippen LogP contribution in [0.2, 0.25) is 0 Å². The van der Waals surface area contributed by atoms with Crippen molar-refractivity contribution in [3.8, 4) is 0 Å². The third-order valence-electron chi connectivity index (χ3n) is 3.34. The Morgan fingerprint density at radius 2 is 2.05 bits per heavy atom. The maximum absolute atomic E-state index is 12.1. The first-order valence-electron chi connectivity index (χ1n) is 6.91. The van der Waals surface area contributed by atoms with Crippen LogP contribution in [0, 0.1) is 6.92 Å². The lowest BCUT2D eigenvalue weighted by atomic mass is 10.1. The van der Waals surface area contributed by atoms with Crippen molar-refractivity contribution in [1.29, 1.82) is 0 Å². The molecule has 1 aromatic carbocycles. The minimum absolute atomic E-state index is 0.0452. The van der Waals surface area contributed by atoms with Crippen LogP contribution in [0.3, 0.4) is 0 Å². The van der Waals surface area contributed by atoms with Crippen molar-refractivity contribution in [2.75, 3.05) is 0 Å². The Morgan fingerprint density at radius 1 is 1.35 bits per heavy atom. The number of benzene rings is 1. The molecule has 4 heteroatoms. The van der Waals surface area contributed by atoms with E-state index in [0.29, 0.717) is 5.56 Å². The molecule has 1 amide bonds. The molecule has 2 aromatic rings. The van der Waals surface area contributed by atoms with Crippen LogP contribution in [0.1, 0.15) is 35.0 Å². The third kappa shape index (κ3) is 3.70. The van der Waals surface area contributed by atoms with Crippen molar-refractivity contribution in [2.24, 2.45) is 7.05 Å². The Hall–Kier alpha value is -2.10. The largest absolute Gasteiger partial charge is 0.349 e. The highest BCUT2D eigenvalue weighted by molar-refractivity contribution is 5.95. The summed E-state index contributed by atoms with van der Waals surface area (Å²) >= 11 is 0. The molecule has 0 aliphatic rings. The molecule has 1 N–H and O–H groups in total. The van der Waals surface area contributed by atoms with Crippen LogP contribution in [-0.4, -0.2) is 21.7 Å². The van der Waals surface area contributed by atoms with Crippen molar-refractivity contribution in [2.45, 2.75) is 32.7 Å². The number of nitrogens with zero attached hydrogens (tertiary/aromatic N) is 2. The molecule has 1 aromatic heterocycles. The second kappa shape index (κ2) is 6.37. The highest BCUT2D eigenvalue weighted by Gasteiger charge is 2.14. The number of carbonyl (C=O) groups excluding carboxylic acids is 1. The molecule has 2 rings (SSSR count). The van der Waals surface area contributed by atoms with Gasteiger partial charge in [0.05, 0.1) is 11.3 Å². The monoisotopic (exact) mass is 271 g/mol. The van der Waals surface area contributed by atoms with E-state index in [9.17, 15) is 4.79 Å². The fourth-order valence-corrected chi connectivity index (χ4v) is 2.22. The smallest absolute Gasteiger partial charge is 0.254 e. The van der Waals surface area contributed by atoms with E-state index in [4.69, 9.17) is 0 Å². The van der Waals surface area contributed by atoms with Gasteiger partial charge < -0.3 is 5.32 Å².